The first-order valence-corrected chi connectivity index (χ1v) is 8.48. The molecule has 2 aromatic carbocycles. The van der Waals surface area contributed by atoms with Crippen molar-refractivity contribution in [2.24, 2.45) is 0 Å². The topological polar surface area (TPSA) is 78.4 Å². The molecule has 132 valence electrons. The minimum atomic E-state index is -0.0939. The number of nitrogens with one attached hydrogen (secondary N) is 2. The molecule has 0 fully saturated rings. The molecule has 0 spiro atoms. The molecule has 0 aliphatic rings. The minimum absolute atomic E-state index is 0.0535. The van der Waals surface area contributed by atoms with Gasteiger partial charge in [-0.25, -0.2) is 0 Å². The van der Waals surface area contributed by atoms with Crippen molar-refractivity contribution in [2.75, 3.05) is 13.6 Å². The van der Waals surface area contributed by atoms with Crippen LogP contribution in [-0.2, 0) is 4.79 Å². The Balaban J connectivity index is 1.76. The average molecular weight is 340 g/mol. The molecule has 2 amide bonds. The van der Waals surface area contributed by atoms with Gasteiger partial charge in [0.25, 0.3) is 5.91 Å². The Morgan fingerprint density at radius 2 is 1.48 bits per heavy atom. The van der Waals surface area contributed by atoms with Crippen molar-refractivity contribution in [3.05, 3.63) is 54.1 Å². The standard InChI is InChI=1S/C20H24N2O3/c1-21-19(24)5-3-2-4-14-22-20(25)17-8-6-15(7-9-17)16-10-12-18(23)13-11-16/h6-13,23H,2-5,14H2,1H3,(H,21,24)(H,22,25). The molecule has 2 rings (SSSR count). The maximum absolute atomic E-state index is 12.1. The molecule has 0 saturated heterocycles. The molecule has 0 bridgehead atoms. The number of unbranched alkanes of at least 4 members (excludes halogenated alkanes) is 2. The Morgan fingerprint density at radius 3 is 2.08 bits per heavy atom. The average Bonchev–Trinajstić information content (AvgIpc) is 2.65. The molecule has 0 aromatic heterocycles. The van der Waals surface area contributed by atoms with E-state index < -0.39 is 0 Å². The lowest BCUT2D eigenvalue weighted by Gasteiger charge is -2.07. The molecule has 3 N–H and O–H groups in total. The van der Waals surface area contributed by atoms with Gasteiger partial charge in [0.05, 0.1) is 0 Å². The predicted octanol–water partition coefficient (Wildman–Crippen LogP) is 3.10. The van der Waals surface area contributed by atoms with Crippen LogP contribution in [0.3, 0.4) is 0 Å². The quantitative estimate of drug-likeness (QED) is 0.646. The third-order valence-electron chi connectivity index (χ3n) is 3.99. The van der Waals surface area contributed by atoms with Crippen LogP contribution in [0.15, 0.2) is 48.5 Å². The van der Waals surface area contributed by atoms with Crippen LogP contribution in [0.5, 0.6) is 5.75 Å². The fraction of sp³-hybridized carbons (Fsp3) is 0.300. The second-order valence-electron chi connectivity index (χ2n) is 5.86. The van der Waals surface area contributed by atoms with Crippen molar-refractivity contribution < 1.29 is 14.7 Å². The van der Waals surface area contributed by atoms with E-state index in [1.165, 1.54) is 0 Å². The normalized spacial score (nSPS) is 10.3. The SMILES string of the molecule is CNC(=O)CCCCCNC(=O)c1ccc(-c2ccc(O)cc2)cc1. The largest absolute Gasteiger partial charge is 0.508 e. The summed E-state index contributed by atoms with van der Waals surface area (Å²) in [5.41, 5.74) is 2.60. The van der Waals surface area contributed by atoms with Gasteiger partial charge in [-0.2, -0.15) is 0 Å². The molecule has 0 aliphatic carbocycles. The van der Waals surface area contributed by atoms with Crippen molar-refractivity contribution >= 4 is 11.8 Å². The number of benzene rings is 2. The highest BCUT2D eigenvalue weighted by molar-refractivity contribution is 5.94. The highest BCUT2D eigenvalue weighted by Gasteiger charge is 2.06. The Kier molecular flexibility index (Phi) is 7.01. The van der Waals surface area contributed by atoms with E-state index in [2.05, 4.69) is 10.6 Å². The van der Waals surface area contributed by atoms with Gasteiger partial charge >= 0.3 is 0 Å². The Morgan fingerprint density at radius 1 is 0.880 bits per heavy atom. The molecule has 5 nitrogen and oxygen atoms in total. The number of rotatable bonds is 8. The zero-order valence-corrected chi connectivity index (χ0v) is 14.4. The van der Waals surface area contributed by atoms with Crippen molar-refractivity contribution in [1.82, 2.24) is 10.6 Å². The van der Waals surface area contributed by atoms with Gasteiger partial charge in [-0.15, -0.1) is 0 Å². The maximum Gasteiger partial charge on any atom is 0.251 e. The van der Waals surface area contributed by atoms with Gasteiger partial charge in [-0.1, -0.05) is 30.7 Å². The number of hydrogen-bond acceptors (Lipinski definition) is 3. The fourth-order valence-corrected chi connectivity index (χ4v) is 2.48. The smallest absolute Gasteiger partial charge is 0.251 e. The van der Waals surface area contributed by atoms with Gasteiger partial charge in [0.15, 0.2) is 0 Å². The van der Waals surface area contributed by atoms with Crippen molar-refractivity contribution in [3.8, 4) is 16.9 Å². The first kappa shape index (κ1) is 18.5. The van der Waals surface area contributed by atoms with Gasteiger partial charge in [-0.05, 0) is 48.2 Å². The zero-order valence-electron chi connectivity index (χ0n) is 14.4. The summed E-state index contributed by atoms with van der Waals surface area (Å²) in [5.74, 6) is 0.191. The molecule has 0 saturated carbocycles. The Labute approximate surface area is 148 Å². The third-order valence-corrected chi connectivity index (χ3v) is 3.99. The van der Waals surface area contributed by atoms with Crippen molar-refractivity contribution in [2.45, 2.75) is 25.7 Å². The molecule has 0 aliphatic heterocycles. The first-order chi connectivity index (χ1) is 12.1. The molecule has 25 heavy (non-hydrogen) atoms. The highest BCUT2D eigenvalue weighted by Crippen LogP contribution is 2.22. The number of phenolic OH excluding ortho intramolecular Hbond substituents is 1. The van der Waals surface area contributed by atoms with Gasteiger partial charge in [0.2, 0.25) is 5.91 Å². The lowest BCUT2D eigenvalue weighted by atomic mass is 10.0. The van der Waals surface area contributed by atoms with Gasteiger partial charge < -0.3 is 15.7 Å². The summed E-state index contributed by atoms with van der Waals surface area (Å²) in [7, 11) is 1.63. The minimum Gasteiger partial charge on any atom is -0.508 e. The lowest BCUT2D eigenvalue weighted by molar-refractivity contribution is -0.120. The molecular formula is C20H24N2O3. The van der Waals surface area contributed by atoms with Crippen LogP contribution in [0.1, 0.15) is 36.0 Å². The second-order valence-corrected chi connectivity index (χ2v) is 5.86. The van der Waals surface area contributed by atoms with E-state index in [-0.39, 0.29) is 17.6 Å². The summed E-state index contributed by atoms with van der Waals surface area (Å²) in [6.45, 7) is 0.603. The third kappa shape index (κ3) is 5.95. The lowest BCUT2D eigenvalue weighted by Crippen LogP contribution is -2.24. The van der Waals surface area contributed by atoms with Gasteiger partial charge in [0, 0.05) is 25.6 Å². The van der Waals surface area contributed by atoms with E-state index in [4.69, 9.17) is 0 Å². The predicted molar refractivity (Wildman–Crippen MR) is 98.4 cm³/mol. The Bertz CT molecular complexity index is 694. The number of amides is 2. The van der Waals surface area contributed by atoms with Crippen LogP contribution in [-0.4, -0.2) is 30.5 Å². The van der Waals surface area contributed by atoms with Crippen LogP contribution >= 0.6 is 0 Å². The monoisotopic (exact) mass is 340 g/mol. The summed E-state index contributed by atoms with van der Waals surface area (Å²) >= 11 is 0. The van der Waals surface area contributed by atoms with Crippen LogP contribution < -0.4 is 10.6 Å². The van der Waals surface area contributed by atoms with Crippen LogP contribution in [0.2, 0.25) is 0 Å². The molecular weight excluding hydrogens is 316 g/mol. The number of aromatic hydroxyl groups is 1. The van der Waals surface area contributed by atoms with Crippen LogP contribution in [0, 0.1) is 0 Å². The molecule has 2 aromatic rings. The summed E-state index contributed by atoms with van der Waals surface area (Å²) in [4.78, 5) is 23.2. The van der Waals surface area contributed by atoms with E-state index in [1.807, 2.05) is 24.3 Å². The van der Waals surface area contributed by atoms with E-state index in [0.717, 1.165) is 30.4 Å². The van der Waals surface area contributed by atoms with Crippen LogP contribution in [0.4, 0.5) is 0 Å². The van der Waals surface area contributed by atoms with E-state index in [0.29, 0.717) is 18.5 Å². The fourth-order valence-electron chi connectivity index (χ4n) is 2.48. The molecule has 0 atom stereocenters. The molecule has 0 unspecified atom stereocenters. The summed E-state index contributed by atoms with van der Waals surface area (Å²) in [6.07, 6.45) is 3.13. The first-order valence-electron chi connectivity index (χ1n) is 8.48. The van der Waals surface area contributed by atoms with Gasteiger partial charge in [-0.3, -0.25) is 9.59 Å². The number of carbonyl (C=O) groups is 2. The van der Waals surface area contributed by atoms with Crippen molar-refractivity contribution in [1.29, 1.82) is 0 Å². The summed E-state index contributed by atoms with van der Waals surface area (Å²) in [6, 6.07) is 14.3. The molecule has 5 heteroatoms. The second kappa shape index (κ2) is 9.47. The van der Waals surface area contributed by atoms with Gasteiger partial charge in [0.1, 0.15) is 5.75 Å². The number of phenols is 1. The van der Waals surface area contributed by atoms with Crippen molar-refractivity contribution in [3.63, 3.8) is 0 Å². The summed E-state index contributed by atoms with van der Waals surface area (Å²) < 4.78 is 0. The molecule has 0 radical (unpaired) electrons. The maximum atomic E-state index is 12.1. The number of hydrogen-bond donors (Lipinski definition) is 3. The van der Waals surface area contributed by atoms with E-state index in [1.54, 1.807) is 31.3 Å². The van der Waals surface area contributed by atoms with E-state index >= 15 is 0 Å². The van der Waals surface area contributed by atoms with Crippen LogP contribution in [0.25, 0.3) is 11.1 Å². The number of carbonyl (C=O) groups excluding carboxylic acids is 2. The highest BCUT2D eigenvalue weighted by atomic mass is 16.3. The zero-order chi connectivity index (χ0) is 18.1. The Hall–Kier alpha value is -2.82. The summed E-state index contributed by atoms with van der Waals surface area (Å²) in [5, 5.41) is 14.8. The molecule has 0 heterocycles. The van der Waals surface area contributed by atoms with E-state index in [9.17, 15) is 14.7 Å².